The average Bonchev–Trinajstić information content (AvgIpc) is 2.22. The van der Waals surface area contributed by atoms with Gasteiger partial charge in [-0.25, -0.2) is 0 Å². The number of aliphatic hydroxyl groups is 1. The van der Waals surface area contributed by atoms with E-state index in [0.29, 0.717) is 19.6 Å². The third-order valence-electron chi connectivity index (χ3n) is 1.72. The molecule has 0 spiro atoms. The number of aliphatic hydroxyl groups excluding tert-OH is 1. The van der Waals surface area contributed by atoms with Crippen LogP contribution in [0.15, 0.2) is 0 Å². The van der Waals surface area contributed by atoms with E-state index in [2.05, 4.69) is 0 Å². The van der Waals surface area contributed by atoms with E-state index in [1.807, 2.05) is 0 Å². The predicted octanol–water partition coefficient (Wildman–Crippen LogP) is -0.426. The van der Waals surface area contributed by atoms with Crippen LogP contribution in [0.5, 0.6) is 0 Å². The molecule has 15 heavy (non-hydrogen) atoms. The van der Waals surface area contributed by atoms with E-state index in [1.165, 1.54) is 0 Å². The van der Waals surface area contributed by atoms with Gasteiger partial charge < -0.3 is 19.3 Å². The van der Waals surface area contributed by atoms with Gasteiger partial charge >= 0.3 is 0 Å². The first kappa shape index (κ1) is 14.3. The van der Waals surface area contributed by atoms with Gasteiger partial charge in [-0.3, -0.25) is 10.5 Å². The molecule has 0 aliphatic rings. The van der Waals surface area contributed by atoms with Crippen LogP contribution < -0.4 is 5.73 Å². The lowest BCUT2D eigenvalue weighted by Crippen LogP contribution is -2.21. The van der Waals surface area contributed by atoms with Crippen LogP contribution >= 0.6 is 0 Å². The normalized spacial score (nSPS) is 12.7. The number of nitrogens with one attached hydrogen (secondary N) is 1. The quantitative estimate of drug-likeness (QED) is 0.399. The number of amides is 1. The van der Waals surface area contributed by atoms with Crippen LogP contribution in [0.25, 0.3) is 0 Å². The fourth-order valence-electron chi connectivity index (χ4n) is 0.865. The van der Waals surface area contributed by atoms with Gasteiger partial charge in [0.1, 0.15) is 6.79 Å². The Balaban J connectivity index is 3.40. The first-order valence-corrected chi connectivity index (χ1v) is 4.74. The largest absolute Gasteiger partial charge is 0.394 e. The summed E-state index contributed by atoms with van der Waals surface area (Å²) in [7, 11) is 1.57. The molecule has 0 aromatic rings. The second-order valence-electron chi connectivity index (χ2n) is 2.95. The summed E-state index contributed by atoms with van der Waals surface area (Å²) in [4.78, 5) is 10.4. The van der Waals surface area contributed by atoms with Crippen LogP contribution in [-0.2, 0) is 19.0 Å². The number of carbonyl (C=O) groups is 1. The second kappa shape index (κ2) is 9.85. The summed E-state index contributed by atoms with van der Waals surface area (Å²) in [5, 5.41) is 8.86. The molecule has 1 radical (unpaired) electrons. The van der Waals surface area contributed by atoms with E-state index >= 15 is 0 Å². The Morgan fingerprint density at radius 1 is 1.47 bits per heavy atom. The molecule has 0 bridgehead atoms. The lowest BCUT2D eigenvalue weighted by atomic mass is 10.2. The molecule has 0 saturated heterocycles. The van der Waals surface area contributed by atoms with Gasteiger partial charge in [0.25, 0.3) is 0 Å². The summed E-state index contributed by atoms with van der Waals surface area (Å²) in [6.07, 6.45) is -0.0164. The first-order valence-electron chi connectivity index (χ1n) is 4.74. The van der Waals surface area contributed by atoms with Crippen molar-refractivity contribution in [2.45, 2.75) is 18.9 Å². The van der Waals surface area contributed by atoms with Gasteiger partial charge in [-0.1, -0.05) is 0 Å². The first-order chi connectivity index (χ1) is 7.20. The molecule has 0 aliphatic heterocycles. The zero-order chi connectivity index (χ0) is 11.5. The summed E-state index contributed by atoms with van der Waals surface area (Å²) < 4.78 is 14.9. The van der Waals surface area contributed by atoms with E-state index in [9.17, 15) is 4.79 Å². The highest BCUT2D eigenvalue weighted by Gasteiger charge is 2.09. The minimum absolute atomic E-state index is 0.0563. The molecule has 0 unspecified atom stereocenters. The van der Waals surface area contributed by atoms with Gasteiger partial charge in [0.05, 0.1) is 25.9 Å². The maximum Gasteiger partial charge on any atom is 0.238 e. The molecule has 0 heterocycles. The van der Waals surface area contributed by atoms with Crippen molar-refractivity contribution < 1.29 is 24.1 Å². The molecule has 1 atom stereocenters. The molecule has 2 N–H and O–H groups in total. The van der Waals surface area contributed by atoms with Crippen molar-refractivity contribution in [3.8, 4) is 0 Å². The van der Waals surface area contributed by atoms with Crippen molar-refractivity contribution in [3.63, 3.8) is 0 Å². The Kier molecular flexibility index (Phi) is 9.40. The third kappa shape index (κ3) is 9.61. The highest BCUT2D eigenvalue weighted by Crippen LogP contribution is 2.01. The van der Waals surface area contributed by atoms with Crippen LogP contribution in [0.2, 0.25) is 0 Å². The number of hydrogen-bond acceptors (Lipinski definition) is 5. The van der Waals surface area contributed by atoms with Gasteiger partial charge in [0.15, 0.2) is 0 Å². The Morgan fingerprint density at radius 3 is 2.73 bits per heavy atom. The van der Waals surface area contributed by atoms with Gasteiger partial charge in [0, 0.05) is 13.5 Å². The zero-order valence-electron chi connectivity index (χ0n) is 8.90. The molecule has 0 fully saturated rings. The average molecular weight is 220 g/mol. The molecular formula is C9H18NO5. The Morgan fingerprint density at radius 2 is 2.20 bits per heavy atom. The van der Waals surface area contributed by atoms with Crippen molar-refractivity contribution in [2.75, 3.05) is 33.7 Å². The summed E-state index contributed by atoms with van der Waals surface area (Å²) in [5.41, 5.74) is 6.69. The smallest absolute Gasteiger partial charge is 0.238 e. The van der Waals surface area contributed by atoms with Gasteiger partial charge in [-0.2, -0.15) is 0 Å². The lowest BCUT2D eigenvalue weighted by Gasteiger charge is -2.14. The zero-order valence-corrected chi connectivity index (χ0v) is 8.90. The van der Waals surface area contributed by atoms with Gasteiger partial charge in [0.2, 0.25) is 5.91 Å². The molecule has 6 nitrogen and oxygen atoms in total. The summed E-state index contributed by atoms with van der Waals surface area (Å²) >= 11 is 0. The van der Waals surface area contributed by atoms with Crippen LogP contribution in [0.3, 0.4) is 0 Å². The molecule has 0 rings (SSSR count). The van der Waals surface area contributed by atoms with Crippen molar-refractivity contribution in [2.24, 2.45) is 0 Å². The van der Waals surface area contributed by atoms with E-state index in [0.717, 1.165) is 0 Å². The van der Waals surface area contributed by atoms with E-state index in [4.69, 9.17) is 25.1 Å². The Labute approximate surface area is 89.3 Å². The molecular weight excluding hydrogens is 202 g/mol. The summed E-state index contributed by atoms with van der Waals surface area (Å²) in [6, 6.07) is 0. The van der Waals surface area contributed by atoms with Crippen LogP contribution in [0.1, 0.15) is 12.8 Å². The highest BCUT2D eigenvalue weighted by atomic mass is 16.7. The molecule has 0 aromatic heterocycles. The minimum atomic E-state index is -0.655. The number of ether oxygens (including phenoxy) is 3. The number of rotatable bonds is 10. The van der Waals surface area contributed by atoms with Crippen LogP contribution in [-0.4, -0.2) is 50.8 Å². The SMILES string of the molecule is COCCOCO[C@H](CO)CCC([NH])=O. The summed E-state index contributed by atoms with van der Waals surface area (Å²) in [5.74, 6) is -0.655. The van der Waals surface area contributed by atoms with Crippen LogP contribution in [0, 0.1) is 0 Å². The minimum Gasteiger partial charge on any atom is -0.394 e. The Hall–Kier alpha value is -0.690. The third-order valence-corrected chi connectivity index (χ3v) is 1.72. The standard InChI is InChI=1S/C9H18NO5/c1-13-4-5-14-7-15-8(6-11)2-3-9(10)12/h8,10-11H,2-7H2,1H3/t8-/m0/s1. The van der Waals surface area contributed by atoms with Gasteiger partial charge in [-0.05, 0) is 6.42 Å². The van der Waals surface area contributed by atoms with Crippen LogP contribution in [0.4, 0.5) is 0 Å². The van der Waals surface area contributed by atoms with E-state index in [1.54, 1.807) is 7.11 Å². The molecule has 89 valence electrons. The number of hydrogen-bond donors (Lipinski definition) is 1. The topological polar surface area (TPSA) is 88.8 Å². The predicted molar refractivity (Wildman–Crippen MR) is 52.0 cm³/mol. The molecule has 0 saturated carbocycles. The van der Waals surface area contributed by atoms with Crippen molar-refractivity contribution in [1.29, 1.82) is 0 Å². The van der Waals surface area contributed by atoms with E-state index < -0.39 is 12.0 Å². The second-order valence-corrected chi connectivity index (χ2v) is 2.95. The Bertz CT molecular complexity index is 165. The maximum atomic E-state index is 10.4. The fraction of sp³-hybridized carbons (Fsp3) is 0.889. The molecule has 0 aromatic carbocycles. The number of carbonyl (C=O) groups excluding carboxylic acids is 1. The maximum absolute atomic E-state index is 10.4. The number of methoxy groups -OCH3 is 1. The lowest BCUT2D eigenvalue weighted by molar-refractivity contribution is -0.124. The van der Waals surface area contributed by atoms with Crippen molar-refractivity contribution >= 4 is 5.91 Å². The van der Waals surface area contributed by atoms with E-state index in [-0.39, 0.29) is 19.8 Å². The molecule has 6 heteroatoms. The molecule has 1 amide bonds. The summed E-state index contributed by atoms with van der Waals surface area (Å²) in [6.45, 7) is 0.784. The van der Waals surface area contributed by atoms with Gasteiger partial charge in [-0.15, -0.1) is 0 Å². The fourth-order valence-corrected chi connectivity index (χ4v) is 0.865. The highest BCUT2D eigenvalue weighted by molar-refractivity contribution is 5.72. The van der Waals surface area contributed by atoms with Crippen molar-refractivity contribution in [3.05, 3.63) is 0 Å². The van der Waals surface area contributed by atoms with Crippen molar-refractivity contribution in [1.82, 2.24) is 5.73 Å². The molecule has 0 aliphatic carbocycles. The monoisotopic (exact) mass is 220 g/mol.